The normalized spacial score (nSPS) is 12.2. The smallest absolute Gasteiger partial charge is 0.242 e. The van der Waals surface area contributed by atoms with Gasteiger partial charge in [0.25, 0.3) is 0 Å². The van der Waals surface area contributed by atoms with Crippen LogP contribution < -0.4 is 5.43 Å². The molecule has 4 aromatic rings. The number of para-hydroxylation sites is 2. The minimum Gasteiger partial charge on any atom is -0.337 e. The first-order valence-electron chi connectivity index (χ1n) is 9.80. The van der Waals surface area contributed by atoms with E-state index in [2.05, 4.69) is 31.2 Å². The van der Waals surface area contributed by atoms with Crippen LogP contribution in [0.2, 0.25) is 0 Å². The molecule has 0 radical (unpaired) electrons. The van der Waals surface area contributed by atoms with Crippen LogP contribution in [0.5, 0.6) is 0 Å². The summed E-state index contributed by atoms with van der Waals surface area (Å²) in [5.74, 6) is -0.00275. The van der Waals surface area contributed by atoms with Gasteiger partial charge in [0.2, 0.25) is 5.91 Å². The third kappa shape index (κ3) is 3.42. The van der Waals surface area contributed by atoms with Gasteiger partial charge in [-0.15, -0.1) is 0 Å². The molecule has 0 bridgehead atoms. The maximum absolute atomic E-state index is 13.2. The van der Waals surface area contributed by atoms with E-state index in [-0.39, 0.29) is 23.9 Å². The van der Waals surface area contributed by atoms with Gasteiger partial charge in [-0.1, -0.05) is 54.1 Å². The van der Waals surface area contributed by atoms with E-state index in [1.807, 2.05) is 67.1 Å². The molecule has 1 atom stereocenters. The third-order valence-corrected chi connectivity index (χ3v) is 5.71. The summed E-state index contributed by atoms with van der Waals surface area (Å²) in [6.45, 7) is 4.26. The van der Waals surface area contributed by atoms with E-state index in [0.29, 0.717) is 10.8 Å². The summed E-state index contributed by atoms with van der Waals surface area (Å²) in [5, 5.41) is 1.27. The quantitative estimate of drug-likeness (QED) is 0.479. The maximum Gasteiger partial charge on any atom is 0.242 e. The second-order valence-electron chi connectivity index (χ2n) is 7.54. The van der Waals surface area contributed by atoms with Crippen molar-refractivity contribution < 1.29 is 4.79 Å². The number of hydrogen-bond acceptors (Lipinski definition) is 2. The zero-order valence-corrected chi connectivity index (χ0v) is 16.9. The highest BCUT2D eigenvalue weighted by molar-refractivity contribution is 5.94. The van der Waals surface area contributed by atoms with E-state index in [4.69, 9.17) is 0 Å². The maximum atomic E-state index is 13.2. The summed E-state index contributed by atoms with van der Waals surface area (Å²) in [5.41, 5.74) is 3.85. The second kappa shape index (κ2) is 7.55. The Hall–Kier alpha value is -3.40. The summed E-state index contributed by atoms with van der Waals surface area (Å²) >= 11 is 0. The van der Waals surface area contributed by atoms with E-state index in [0.717, 1.165) is 16.6 Å². The molecule has 4 heteroatoms. The molecule has 1 aromatic heterocycles. The highest BCUT2D eigenvalue weighted by atomic mass is 16.2. The first kappa shape index (κ1) is 18.9. The number of pyridine rings is 1. The predicted octanol–water partition coefficient (Wildman–Crippen LogP) is 4.68. The van der Waals surface area contributed by atoms with Crippen LogP contribution in [0, 0.1) is 6.92 Å². The number of carbonyl (C=O) groups is 1. The van der Waals surface area contributed by atoms with E-state index in [1.165, 1.54) is 5.56 Å². The largest absolute Gasteiger partial charge is 0.337 e. The van der Waals surface area contributed by atoms with Gasteiger partial charge in [-0.2, -0.15) is 0 Å². The number of carbonyl (C=O) groups excluding carboxylic acids is 1. The first-order valence-corrected chi connectivity index (χ1v) is 9.80. The number of nitrogens with zero attached hydrogens (tertiary/aromatic N) is 2. The molecule has 0 N–H and O–H groups in total. The Bertz CT molecular complexity index is 1200. The van der Waals surface area contributed by atoms with Gasteiger partial charge in [0.1, 0.15) is 6.54 Å². The molecule has 3 aromatic carbocycles. The van der Waals surface area contributed by atoms with Gasteiger partial charge in [-0.3, -0.25) is 9.59 Å². The average Bonchev–Trinajstić information content (AvgIpc) is 2.76. The van der Waals surface area contributed by atoms with Gasteiger partial charge in [0.05, 0.1) is 17.1 Å². The molecule has 4 nitrogen and oxygen atoms in total. The van der Waals surface area contributed by atoms with Crippen LogP contribution in [0.15, 0.2) is 77.6 Å². The van der Waals surface area contributed by atoms with Gasteiger partial charge < -0.3 is 9.47 Å². The van der Waals surface area contributed by atoms with Crippen molar-refractivity contribution in [3.05, 3.63) is 94.1 Å². The van der Waals surface area contributed by atoms with Gasteiger partial charge in [0.15, 0.2) is 5.43 Å². The fourth-order valence-corrected chi connectivity index (χ4v) is 3.78. The number of aromatic nitrogens is 1. The Balaban J connectivity index is 1.75. The molecule has 29 heavy (non-hydrogen) atoms. The topological polar surface area (TPSA) is 42.3 Å². The molecule has 0 aliphatic heterocycles. The molecule has 0 aliphatic carbocycles. The molecule has 0 spiro atoms. The van der Waals surface area contributed by atoms with Crippen molar-refractivity contribution in [2.45, 2.75) is 26.4 Å². The van der Waals surface area contributed by atoms with Crippen molar-refractivity contribution in [1.29, 1.82) is 0 Å². The predicted molar refractivity (Wildman–Crippen MR) is 118 cm³/mol. The molecule has 0 aliphatic rings. The van der Waals surface area contributed by atoms with E-state index in [1.54, 1.807) is 4.90 Å². The number of benzene rings is 3. The minimum absolute atomic E-state index is 0.00118. The second-order valence-corrected chi connectivity index (χ2v) is 7.54. The van der Waals surface area contributed by atoms with Crippen molar-refractivity contribution in [2.75, 3.05) is 7.05 Å². The SMILES string of the molecule is Cc1ccc(C(C)N(C)C(=O)Cn2c3ccccc3c(=O)c3ccccc32)cc1. The van der Waals surface area contributed by atoms with Crippen LogP contribution in [0.4, 0.5) is 0 Å². The summed E-state index contributed by atoms with van der Waals surface area (Å²) in [7, 11) is 1.83. The number of aryl methyl sites for hydroxylation is 1. The third-order valence-electron chi connectivity index (χ3n) is 5.71. The van der Waals surface area contributed by atoms with Gasteiger partial charge in [-0.25, -0.2) is 0 Å². The zero-order valence-electron chi connectivity index (χ0n) is 16.9. The molecule has 0 fully saturated rings. The average molecular weight is 384 g/mol. The van der Waals surface area contributed by atoms with Crippen LogP contribution in [0.25, 0.3) is 21.8 Å². The van der Waals surface area contributed by atoms with Crippen LogP contribution in [-0.4, -0.2) is 22.4 Å². The van der Waals surface area contributed by atoms with Crippen LogP contribution in [0.1, 0.15) is 24.1 Å². The Morgan fingerprint density at radius 3 is 1.97 bits per heavy atom. The minimum atomic E-state index is -0.0417. The fourth-order valence-electron chi connectivity index (χ4n) is 3.78. The van der Waals surface area contributed by atoms with Crippen LogP contribution in [-0.2, 0) is 11.3 Å². The Labute approximate surface area is 170 Å². The standard InChI is InChI=1S/C25H24N2O2/c1-17-12-14-19(15-13-17)18(2)26(3)24(28)16-27-22-10-6-4-8-20(22)25(29)21-9-5-7-11-23(21)27/h4-15,18H,16H2,1-3H3. The van der Waals surface area contributed by atoms with E-state index < -0.39 is 0 Å². The first-order chi connectivity index (χ1) is 14.0. The Kier molecular flexibility index (Phi) is 4.93. The summed E-state index contributed by atoms with van der Waals surface area (Å²) < 4.78 is 1.95. The van der Waals surface area contributed by atoms with E-state index >= 15 is 0 Å². The summed E-state index contributed by atoms with van der Waals surface area (Å²) in [4.78, 5) is 27.8. The van der Waals surface area contributed by atoms with Crippen LogP contribution >= 0.6 is 0 Å². The number of amides is 1. The highest BCUT2D eigenvalue weighted by Gasteiger charge is 2.19. The molecule has 1 amide bonds. The monoisotopic (exact) mass is 384 g/mol. The molecule has 146 valence electrons. The van der Waals surface area contributed by atoms with Gasteiger partial charge >= 0.3 is 0 Å². The van der Waals surface area contributed by atoms with Gasteiger partial charge in [0, 0.05) is 17.8 Å². The molecular weight excluding hydrogens is 360 g/mol. The number of fused-ring (bicyclic) bond motifs is 2. The van der Waals surface area contributed by atoms with Crippen molar-refractivity contribution in [2.24, 2.45) is 0 Å². The number of likely N-dealkylation sites (N-methyl/N-ethyl adjacent to an activating group) is 1. The molecule has 1 unspecified atom stereocenters. The number of hydrogen-bond donors (Lipinski definition) is 0. The zero-order chi connectivity index (χ0) is 20.5. The lowest BCUT2D eigenvalue weighted by Crippen LogP contribution is -2.33. The summed E-state index contributed by atoms with van der Waals surface area (Å²) in [6.07, 6.45) is 0. The molecule has 4 rings (SSSR count). The lowest BCUT2D eigenvalue weighted by atomic mass is 10.1. The van der Waals surface area contributed by atoms with Crippen molar-refractivity contribution in [1.82, 2.24) is 9.47 Å². The van der Waals surface area contributed by atoms with E-state index in [9.17, 15) is 9.59 Å². The van der Waals surface area contributed by atoms with Crippen molar-refractivity contribution in [3.8, 4) is 0 Å². The highest BCUT2D eigenvalue weighted by Crippen LogP contribution is 2.22. The summed E-state index contributed by atoms with van der Waals surface area (Å²) in [6, 6.07) is 23.2. The van der Waals surface area contributed by atoms with Gasteiger partial charge in [-0.05, 0) is 43.7 Å². The van der Waals surface area contributed by atoms with Crippen LogP contribution in [0.3, 0.4) is 0 Å². The number of rotatable bonds is 4. The lowest BCUT2D eigenvalue weighted by Gasteiger charge is -2.27. The lowest BCUT2D eigenvalue weighted by molar-refractivity contribution is -0.132. The molecule has 0 saturated heterocycles. The fraction of sp³-hybridized carbons (Fsp3) is 0.200. The Morgan fingerprint density at radius 2 is 1.41 bits per heavy atom. The molecule has 1 heterocycles. The van der Waals surface area contributed by atoms with Crippen molar-refractivity contribution >= 4 is 27.7 Å². The molecular formula is C25H24N2O2. The Morgan fingerprint density at radius 1 is 0.897 bits per heavy atom. The molecule has 0 saturated carbocycles. The van der Waals surface area contributed by atoms with Crippen molar-refractivity contribution in [3.63, 3.8) is 0 Å².